The number of amides is 1. The fraction of sp³-hybridized carbons (Fsp3) is 0.692. The van der Waals surface area contributed by atoms with Crippen LogP contribution in [0.25, 0.3) is 0 Å². The molecule has 18 heavy (non-hydrogen) atoms. The Kier molecular flexibility index (Phi) is 4.76. The summed E-state index contributed by atoms with van der Waals surface area (Å²) in [6.45, 7) is 11.0. The first-order chi connectivity index (χ1) is 8.34. The molecule has 0 radical (unpaired) electrons. The number of carbonyl (C=O) groups excluding carboxylic acids is 1. The van der Waals surface area contributed by atoms with Gasteiger partial charge in [-0.15, -0.1) is 0 Å². The average Bonchev–Trinajstić information content (AvgIpc) is 2.67. The summed E-state index contributed by atoms with van der Waals surface area (Å²) in [6.07, 6.45) is 0. The zero-order valence-electron chi connectivity index (χ0n) is 11.9. The van der Waals surface area contributed by atoms with E-state index >= 15 is 0 Å². The third-order valence-electron chi connectivity index (χ3n) is 3.35. The van der Waals surface area contributed by atoms with Crippen molar-refractivity contribution in [3.05, 3.63) is 11.4 Å². The first-order valence-electron chi connectivity index (χ1n) is 6.46. The van der Waals surface area contributed by atoms with E-state index in [2.05, 4.69) is 36.3 Å². The van der Waals surface area contributed by atoms with Gasteiger partial charge in [0.2, 0.25) is 0 Å². The predicted molar refractivity (Wildman–Crippen MR) is 73.4 cm³/mol. The minimum Gasteiger partial charge on any atom is -0.395 e. The first-order valence-corrected chi connectivity index (χ1v) is 6.46. The van der Waals surface area contributed by atoms with E-state index in [0.717, 1.165) is 5.69 Å². The normalized spacial score (nSPS) is 13.1. The number of nitrogens with two attached hydrogens (primary N) is 1. The molecule has 0 aliphatic carbocycles. The average molecular weight is 252 g/mol. The number of nitrogens with zero attached hydrogens (tertiary/aromatic N) is 1. The van der Waals surface area contributed by atoms with E-state index in [4.69, 9.17) is 5.73 Å². The largest absolute Gasteiger partial charge is 0.395 e. The molecule has 0 saturated carbocycles. The second-order valence-corrected chi connectivity index (χ2v) is 5.49. The van der Waals surface area contributed by atoms with Crippen LogP contribution in [0.5, 0.6) is 0 Å². The summed E-state index contributed by atoms with van der Waals surface area (Å²) in [5.74, 6) is 0.989. The van der Waals surface area contributed by atoms with Crippen molar-refractivity contribution in [3.63, 3.8) is 0 Å². The molecule has 0 bridgehead atoms. The Balaban J connectivity index is 2.68. The van der Waals surface area contributed by atoms with Gasteiger partial charge in [-0.25, -0.2) is 0 Å². The van der Waals surface area contributed by atoms with Crippen LogP contribution in [0.1, 0.15) is 56.7 Å². The van der Waals surface area contributed by atoms with Crippen molar-refractivity contribution in [2.45, 2.75) is 40.5 Å². The van der Waals surface area contributed by atoms with Crippen LogP contribution in [0.2, 0.25) is 0 Å². The molecule has 1 unspecified atom stereocenters. The van der Waals surface area contributed by atoms with Gasteiger partial charge in [0.1, 0.15) is 0 Å². The van der Waals surface area contributed by atoms with Gasteiger partial charge in [-0.05, 0) is 17.8 Å². The van der Waals surface area contributed by atoms with E-state index < -0.39 is 0 Å². The fourth-order valence-corrected chi connectivity index (χ4v) is 1.55. The van der Waals surface area contributed by atoms with Gasteiger partial charge < -0.3 is 11.1 Å². The van der Waals surface area contributed by atoms with Crippen molar-refractivity contribution < 1.29 is 4.79 Å². The zero-order valence-corrected chi connectivity index (χ0v) is 11.9. The van der Waals surface area contributed by atoms with Gasteiger partial charge in [0, 0.05) is 6.54 Å². The number of carbonyl (C=O) groups is 1. The minimum absolute atomic E-state index is 0.205. The highest BCUT2D eigenvalue weighted by Crippen LogP contribution is 2.21. The molecule has 1 atom stereocenters. The summed E-state index contributed by atoms with van der Waals surface area (Å²) in [4.78, 5) is 12.0. The maximum atomic E-state index is 12.0. The smallest absolute Gasteiger partial charge is 0.273 e. The highest BCUT2D eigenvalue weighted by molar-refractivity contribution is 5.97. The van der Waals surface area contributed by atoms with Crippen LogP contribution >= 0.6 is 0 Å². The van der Waals surface area contributed by atoms with E-state index in [0.29, 0.717) is 29.8 Å². The van der Waals surface area contributed by atoms with E-state index in [9.17, 15) is 4.79 Å². The third kappa shape index (κ3) is 3.24. The second-order valence-electron chi connectivity index (χ2n) is 5.49. The van der Waals surface area contributed by atoms with E-state index in [1.54, 1.807) is 0 Å². The van der Waals surface area contributed by atoms with E-state index in [1.165, 1.54) is 0 Å². The molecule has 1 heterocycles. The maximum Gasteiger partial charge on any atom is 0.273 e. The van der Waals surface area contributed by atoms with Crippen LogP contribution < -0.4 is 11.1 Å². The molecule has 1 aromatic heterocycles. The Morgan fingerprint density at radius 3 is 2.39 bits per heavy atom. The Hall–Kier alpha value is -1.52. The molecule has 0 aliphatic rings. The quantitative estimate of drug-likeness (QED) is 0.750. The monoisotopic (exact) mass is 252 g/mol. The number of hydrogen-bond acceptors (Lipinski definition) is 3. The molecular formula is C13H24N4O. The predicted octanol–water partition coefficient (Wildman–Crippen LogP) is 2.14. The van der Waals surface area contributed by atoms with Crippen molar-refractivity contribution in [1.29, 1.82) is 0 Å². The van der Waals surface area contributed by atoms with Crippen LogP contribution in [0.3, 0.4) is 0 Å². The molecule has 0 fully saturated rings. The van der Waals surface area contributed by atoms with Crippen LogP contribution in [0.15, 0.2) is 0 Å². The molecule has 0 spiro atoms. The number of anilines is 1. The number of H-pyrrole nitrogens is 1. The molecule has 1 rings (SSSR count). The van der Waals surface area contributed by atoms with E-state index in [-0.39, 0.29) is 11.8 Å². The number of aromatic amines is 1. The van der Waals surface area contributed by atoms with Gasteiger partial charge in [0.15, 0.2) is 5.69 Å². The lowest BCUT2D eigenvalue weighted by molar-refractivity contribution is 0.0941. The highest BCUT2D eigenvalue weighted by atomic mass is 16.1. The number of nitrogen functional groups attached to an aromatic ring is 1. The Labute approximate surface area is 109 Å². The summed E-state index contributed by atoms with van der Waals surface area (Å²) in [6, 6.07) is 0. The Morgan fingerprint density at radius 1 is 1.33 bits per heavy atom. The lowest BCUT2D eigenvalue weighted by Crippen LogP contribution is -2.30. The number of hydrogen-bond donors (Lipinski definition) is 3. The number of rotatable bonds is 5. The molecule has 0 saturated heterocycles. The van der Waals surface area contributed by atoms with Gasteiger partial charge in [-0.1, -0.05) is 34.6 Å². The van der Waals surface area contributed by atoms with Gasteiger partial charge in [-0.2, -0.15) is 5.10 Å². The van der Waals surface area contributed by atoms with Crippen molar-refractivity contribution in [2.75, 3.05) is 12.3 Å². The molecule has 1 amide bonds. The molecule has 5 nitrogen and oxygen atoms in total. The summed E-state index contributed by atoms with van der Waals surface area (Å²) < 4.78 is 0. The lowest BCUT2D eigenvalue weighted by Gasteiger charge is -2.15. The topological polar surface area (TPSA) is 83.8 Å². The standard InChI is InChI=1S/C13H24N4O/c1-7(2)9(5)6-15-13(18)12-10(14)11(8(3)4)16-17-12/h7-9H,6,14H2,1-5H3,(H,15,18)(H,16,17). The molecule has 0 aromatic carbocycles. The van der Waals surface area contributed by atoms with Crippen molar-refractivity contribution in [1.82, 2.24) is 15.5 Å². The van der Waals surface area contributed by atoms with Gasteiger partial charge >= 0.3 is 0 Å². The van der Waals surface area contributed by atoms with Gasteiger partial charge in [0.25, 0.3) is 5.91 Å². The molecule has 5 heteroatoms. The van der Waals surface area contributed by atoms with Gasteiger partial charge in [-0.3, -0.25) is 9.89 Å². The SMILES string of the molecule is CC(C)c1[nH]nc(C(=O)NCC(C)C(C)C)c1N. The summed E-state index contributed by atoms with van der Waals surface area (Å²) in [5, 5.41) is 9.70. The Bertz CT molecular complexity index is 409. The van der Waals surface area contributed by atoms with E-state index in [1.807, 2.05) is 13.8 Å². The van der Waals surface area contributed by atoms with Crippen LogP contribution in [-0.4, -0.2) is 22.6 Å². The van der Waals surface area contributed by atoms with Crippen LogP contribution in [0.4, 0.5) is 5.69 Å². The molecule has 1 aromatic rings. The molecule has 4 N–H and O–H groups in total. The summed E-state index contributed by atoms with van der Waals surface area (Å²) in [5.41, 5.74) is 7.49. The van der Waals surface area contributed by atoms with Crippen LogP contribution in [-0.2, 0) is 0 Å². The van der Waals surface area contributed by atoms with Crippen molar-refractivity contribution >= 4 is 11.6 Å². The third-order valence-corrected chi connectivity index (χ3v) is 3.35. The summed E-state index contributed by atoms with van der Waals surface area (Å²) in [7, 11) is 0. The fourth-order valence-electron chi connectivity index (χ4n) is 1.55. The maximum absolute atomic E-state index is 12.0. The van der Waals surface area contributed by atoms with Gasteiger partial charge in [0.05, 0.1) is 11.4 Å². The van der Waals surface area contributed by atoms with Crippen LogP contribution in [0, 0.1) is 11.8 Å². The second kappa shape index (κ2) is 5.89. The van der Waals surface area contributed by atoms with Crippen molar-refractivity contribution in [2.24, 2.45) is 11.8 Å². The lowest BCUT2D eigenvalue weighted by atomic mass is 9.98. The Morgan fingerprint density at radius 2 is 1.94 bits per heavy atom. The molecular weight excluding hydrogens is 228 g/mol. The zero-order chi connectivity index (χ0) is 13.9. The highest BCUT2D eigenvalue weighted by Gasteiger charge is 2.19. The summed E-state index contributed by atoms with van der Waals surface area (Å²) >= 11 is 0. The van der Waals surface area contributed by atoms with Crippen molar-refractivity contribution in [3.8, 4) is 0 Å². The number of aromatic nitrogens is 2. The molecule has 0 aliphatic heterocycles. The molecule has 102 valence electrons. The first kappa shape index (κ1) is 14.5. The minimum atomic E-state index is -0.205. The number of nitrogens with one attached hydrogen (secondary N) is 2.